The highest BCUT2D eigenvalue weighted by atomic mass is 15.0. The van der Waals surface area contributed by atoms with Crippen LogP contribution >= 0.6 is 0 Å². The Labute approximate surface area is 460 Å². The fourth-order valence-electron chi connectivity index (χ4n) is 12.6. The maximum Gasteiger partial charge on any atom is 0.0719 e. The molecule has 0 unspecified atom stereocenters. The van der Waals surface area contributed by atoms with Crippen LogP contribution in [0.1, 0.15) is 0 Å². The van der Waals surface area contributed by atoms with Crippen LogP contribution in [0.4, 0.5) is 0 Å². The largest absolute Gasteiger partial charge is 0.306 e. The molecule has 0 radical (unpaired) electrons. The van der Waals surface area contributed by atoms with Crippen LogP contribution in [0.15, 0.2) is 280 Å². The zero-order valence-corrected chi connectivity index (χ0v) is 43.2. The van der Waals surface area contributed by atoms with Gasteiger partial charge in [-0.3, -0.25) is 19.9 Å². The lowest BCUT2D eigenvalue weighted by Gasteiger charge is -2.17. The standard InChI is InChI=1S/C74H46N6/c1-5-21-47(22-6-1)65-69-67-57-31-15-18-34-60(57)74-70(66(48-23-7-2-8-24-48)72(50-27-11-4-12-28-50)80(74)56-38-40-64(78-46-56)54-42-52-30-14-20-36-62(52)76-44-54)68(67)58-32-16-17-33-59(58)73(69)79(71(65)49-25-9-3-10-26-49)55-37-39-63(77-45-55)53-41-51-29-13-19-35-61(51)75-43-53/h1-46H. The molecule has 6 heterocycles. The first-order valence-corrected chi connectivity index (χ1v) is 27.1. The molecule has 6 heteroatoms. The molecule has 0 saturated carbocycles. The molecule has 0 aliphatic rings. The topological polar surface area (TPSA) is 61.4 Å². The molecule has 0 amide bonds. The molecule has 80 heavy (non-hydrogen) atoms. The Kier molecular flexibility index (Phi) is 10.5. The number of hydrogen-bond acceptors (Lipinski definition) is 4. The van der Waals surface area contributed by atoms with Gasteiger partial charge in [-0.25, -0.2) is 0 Å². The van der Waals surface area contributed by atoms with E-state index in [0.29, 0.717) is 0 Å². The van der Waals surface area contributed by atoms with Crippen molar-refractivity contribution < 1.29 is 0 Å². The Hall–Kier alpha value is -10.8. The zero-order chi connectivity index (χ0) is 52.7. The van der Waals surface area contributed by atoms with Crippen molar-refractivity contribution in [2.24, 2.45) is 0 Å². The van der Waals surface area contributed by atoms with Crippen LogP contribution in [0.5, 0.6) is 0 Å². The summed E-state index contributed by atoms with van der Waals surface area (Å²) >= 11 is 0. The zero-order valence-electron chi connectivity index (χ0n) is 43.2. The van der Waals surface area contributed by atoms with Crippen molar-refractivity contribution in [2.45, 2.75) is 0 Å². The quantitative estimate of drug-likeness (QED) is 0.142. The third-order valence-corrected chi connectivity index (χ3v) is 16.0. The number of hydrogen-bond donors (Lipinski definition) is 0. The number of aromatic nitrogens is 6. The highest BCUT2D eigenvalue weighted by molar-refractivity contribution is 6.43. The van der Waals surface area contributed by atoms with Gasteiger partial charge in [0, 0.05) is 77.7 Å². The van der Waals surface area contributed by atoms with Crippen molar-refractivity contribution in [3.63, 3.8) is 0 Å². The van der Waals surface area contributed by atoms with Gasteiger partial charge in [-0.15, -0.1) is 0 Å². The van der Waals surface area contributed by atoms with Crippen LogP contribution in [0.25, 0.3) is 155 Å². The van der Waals surface area contributed by atoms with Crippen molar-refractivity contribution >= 4 is 75.9 Å². The number of rotatable bonds is 8. The predicted molar refractivity (Wildman–Crippen MR) is 331 cm³/mol. The van der Waals surface area contributed by atoms with Gasteiger partial charge in [-0.05, 0) is 81.6 Å². The van der Waals surface area contributed by atoms with Gasteiger partial charge in [0.2, 0.25) is 0 Å². The van der Waals surface area contributed by atoms with Gasteiger partial charge in [-0.2, -0.15) is 0 Å². The molecule has 0 aliphatic heterocycles. The number of benzene rings is 10. The minimum absolute atomic E-state index is 0.861. The molecule has 6 aromatic heterocycles. The number of pyridine rings is 4. The number of para-hydroxylation sites is 2. The van der Waals surface area contributed by atoms with E-state index in [-0.39, 0.29) is 0 Å². The Morgan fingerprint density at radius 2 is 0.600 bits per heavy atom. The highest BCUT2D eigenvalue weighted by Crippen LogP contribution is 2.55. The third kappa shape index (κ3) is 7.13. The van der Waals surface area contributed by atoms with Crippen molar-refractivity contribution in [3.8, 4) is 78.7 Å². The summed E-state index contributed by atoms with van der Waals surface area (Å²) < 4.78 is 4.97. The van der Waals surface area contributed by atoms with Crippen LogP contribution < -0.4 is 0 Å². The van der Waals surface area contributed by atoms with Crippen molar-refractivity contribution in [3.05, 3.63) is 280 Å². The van der Waals surface area contributed by atoms with Crippen molar-refractivity contribution in [2.75, 3.05) is 0 Å². The molecule has 372 valence electrons. The van der Waals surface area contributed by atoms with Crippen LogP contribution in [0, 0.1) is 0 Å². The van der Waals surface area contributed by atoms with E-state index in [1.54, 1.807) is 0 Å². The fraction of sp³-hybridized carbons (Fsp3) is 0. The average Bonchev–Trinajstić information content (AvgIpc) is 4.19. The van der Waals surface area contributed by atoms with E-state index in [9.17, 15) is 0 Å². The first-order valence-electron chi connectivity index (χ1n) is 27.1. The van der Waals surface area contributed by atoms with Gasteiger partial charge in [0.1, 0.15) is 0 Å². The number of fused-ring (bicyclic) bond motifs is 13. The molecule has 16 rings (SSSR count). The molecule has 0 fully saturated rings. The van der Waals surface area contributed by atoms with Crippen LogP contribution in [0.3, 0.4) is 0 Å². The Morgan fingerprint density at radius 3 is 0.988 bits per heavy atom. The summed E-state index contributed by atoms with van der Waals surface area (Å²) in [6.45, 7) is 0. The molecule has 0 aliphatic carbocycles. The van der Waals surface area contributed by atoms with Gasteiger partial charge in [0.25, 0.3) is 0 Å². The van der Waals surface area contributed by atoms with Crippen LogP contribution in [-0.2, 0) is 0 Å². The molecule has 0 spiro atoms. The SMILES string of the molecule is c1ccc(-c2c(-c3ccccc3)n(-c3ccc(-c4cnc5ccccc5c4)nc3)c3c4ccccc4c4c5c(-c6ccccc6)c(-c6ccccc6)n(-c6ccc(-c7cnc8ccccc8c7)nc6)c5c5ccccc5c4c23)cc1. The first-order chi connectivity index (χ1) is 39.7. The molecule has 0 atom stereocenters. The lowest BCUT2D eigenvalue weighted by Crippen LogP contribution is -2.00. The summed E-state index contributed by atoms with van der Waals surface area (Å²) in [5.74, 6) is 0. The summed E-state index contributed by atoms with van der Waals surface area (Å²) in [6.07, 6.45) is 7.95. The van der Waals surface area contributed by atoms with E-state index >= 15 is 0 Å². The van der Waals surface area contributed by atoms with E-state index in [1.807, 2.05) is 49.1 Å². The highest BCUT2D eigenvalue weighted by Gasteiger charge is 2.31. The molecule has 0 N–H and O–H groups in total. The normalized spacial score (nSPS) is 11.8. The second-order valence-electron chi connectivity index (χ2n) is 20.5. The van der Waals surface area contributed by atoms with Gasteiger partial charge < -0.3 is 9.13 Å². The second-order valence-corrected chi connectivity index (χ2v) is 20.5. The van der Waals surface area contributed by atoms with E-state index < -0.39 is 0 Å². The van der Waals surface area contributed by atoms with Gasteiger partial charge in [0.15, 0.2) is 0 Å². The lowest BCUT2D eigenvalue weighted by molar-refractivity contribution is 1.11. The molecular formula is C74H46N6. The van der Waals surface area contributed by atoms with Crippen LogP contribution in [-0.4, -0.2) is 29.1 Å². The summed E-state index contributed by atoms with van der Waals surface area (Å²) in [5.41, 5.74) is 18.7. The molecule has 16 aromatic rings. The molecule has 10 aromatic carbocycles. The van der Waals surface area contributed by atoms with E-state index in [4.69, 9.17) is 19.9 Å². The fourth-order valence-corrected chi connectivity index (χ4v) is 12.6. The maximum absolute atomic E-state index is 5.27. The Bertz CT molecular complexity index is 4750. The summed E-state index contributed by atoms with van der Waals surface area (Å²) in [7, 11) is 0. The summed E-state index contributed by atoms with van der Waals surface area (Å²) in [5, 5.41) is 11.5. The van der Waals surface area contributed by atoms with Gasteiger partial charge in [-0.1, -0.05) is 206 Å². The molecule has 0 bridgehead atoms. The Morgan fingerprint density at radius 1 is 0.250 bits per heavy atom. The van der Waals surface area contributed by atoms with Crippen molar-refractivity contribution in [1.29, 1.82) is 0 Å². The van der Waals surface area contributed by atoms with Crippen LogP contribution in [0.2, 0.25) is 0 Å². The number of nitrogens with zero attached hydrogens (tertiary/aromatic N) is 6. The minimum Gasteiger partial charge on any atom is -0.306 e. The van der Waals surface area contributed by atoms with Gasteiger partial charge >= 0.3 is 0 Å². The van der Waals surface area contributed by atoms with Crippen molar-refractivity contribution in [1.82, 2.24) is 29.1 Å². The first kappa shape index (κ1) is 45.4. The molecule has 0 saturated heterocycles. The van der Waals surface area contributed by atoms with Gasteiger partial charge in [0.05, 0.1) is 68.6 Å². The van der Waals surface area contributed by atoms with E-state index in [1.165, 1.54) is 21.5 Å². The minimum atomic E-state index is 0.861. The smallest absolute Gasteiger partial charge is 0.0719 e. The third-order valence-electron chi connectivity index (χ3n) is 16.0. The Balaban J connectivity index is 1.08. The van der Waals surface area contributed by atoms with E-state index in [2.05, 4.69) is 240 Å². The molecule has 6 nitrogen and oxygen atoms in total. The summed E-state index contributed by atoms with van der Waals surface area (Å²) in [4.78, 5) is 20.2. The monoisotopic (exact) mass is 1020 g/mol. The summed E-state index contributed by atoms with van der Waals surface area (Å²) in [6, 6.07) is 91.4. The van der Waals surface area contributed by atoms with E-state index in [0.717, 1.165) is 133 Å². The second kappa shape index (κ2) is 18.4. The predicted octanol–water partition coefficient (Wildman–Crippen LogP) is 18.9. The average molecular weight is 1020 g/mol. The maximum atomic E-state index is 5.27. The molecular weight excluding hydrogens is 973 g/mol. The lowest BCUT2D eigenvalue weighted by atomic mass is 9.86.